The fourth-order valence-corrected chi connectivity index (χ4v) is 3.55. The molecule has 2 rings (SSSR count). The predicted octanol–water partition coefficient (Wildman–Crippen LogP) is 2.95. The average molecular weight is 236 g/mol. The summed E-state index contributed by atoms with van der Waals surface area (Å²) >= 11 is 0. The molecular formula is C15H24O2. The minimum absolute atomic E-state index is 0.106. The summed E-state index contributed by atoms with van der Waals surface area (Å²) in [6, 6.07) is 0. The van der Waals surface area contributed by atoms with Gasteiger partial charge in [-0.1, -0.05) is 26.3 Å². The highest BCUT2D eigenvalue weighted by molar-refractivity contribution is 5.95. The van der Waals surface area contributed by atoms with E-state index >= 15 is 0 Å². The van der Waals surface area contributed by atoms with E-state index in [4.69, 9.17) is 0 Å². The number of hydrogen-bond donors (Lipinski definition) is 1. The SMILES string of the molecule is CC1C(=O)C=C2C1CC(C)(C)CC2C(C)(C)O. The van der Waals surface area contributed by atoms with Crippen LogP contribution in [0.5, 0.6) is 0 Å². The fourth-order valence-electron chi connectivity index (χ4n) is 3.55. The van der Waals surface area contributed by atoms with Crippen molar-refractivity contribution in [1.29, 1.82) is 0 Å². The molecule has 0 spiro atoms. The third-order valence-corrected chi connectivity index (χ3v) is 4.57. The van der Waals surface area contributed by atoms with Crippen molar-refractivity contribution >= 4 is 5.78 Å². The molecule has 0 aliphatic heterocycles. The molecule has 0 aromatic carbocycles. The second-order valence-corrected chi connectivity index (χ2v) is 7.22. The third-order valence-electron chi connectivity index (χ3n) is 4.57. The van der Waals surface area contributed by atoms with E-state index in [0.717, 1.165) is 12.8 Å². The van der Waals surface area contributed by atoms with Crippen molar-refractivity contribution in [3.8, 4) is 0 Å². The molecule has 1 fully saturated rings. The number of ketones is 1. The zero-order chi connectivity index (χ0) is 13.0. The van der Waals surface area contributed by atoms with E-state index in [1.807, 2.05) is 26.8 Å². The quantitative estimate of drug-likeness (QED) is 0.760. The zero-order valence-corrected chi connectivity index (χ0v) is 11.6. The first kappa shape index (κ1) is 12.8. The van der Waals surface area contributed by atoms with Crippen LogP contribution in [0.1, 0.15) is 47.5 Å². The standard InChI is InChI=1S/C15H24O2/c1-9-11-7-14(2,3)8-12(15(4,5)17)10(11)6-13(9)16/h6,9,11-12,17H,7-8H2,1-5H3. The molecule has 17 heavy (non-hydrogen) atoms. The molecule has 2 heteroatoms. The first-order chi connectivity index (χ1) is 7.62. The van der Waals surface area contributed by atoms with E-state index in [1.165, 1.54) is 5.57 Å². The molecule has 2 nitrogen and oxygen atoms in total. The first-order valence-corrected chi connectivity index (χ1v) is 6.59. The summed E-state index contributed by atoms with van der Waals surface area (Å²) in [5.41, 5.74) is 0.687. The zero-order valence-electron chi connectivity index (χ0n) is 11.6. The molecule has 3 atom stereocenters. The van der Waals surface area contributed by atoms with Gasteiger partial charge in [0.2, 0.25) is 0 Å². The molecule has 2 aliphatic carbocycles. The van der Waals surface area contributed by atoms with Crippen molar-refractivity contribution in [3.63, 3.8) is 0 Å². The normalized spacial score (nSPS) is 36.7. The van der Waals surface area contributed by atoms with Gasteiger partial charge >= 0.3 is 0 Å². The van der Waals surface area contributed by atoms with E-state index in [0.29, 0.717) is 5.92 Å². The molecule has 0 bridgehead atoms. The third kappa shape index (κ3) is 2.20. The van der Waals surface area contributed by atoms with Crippen LogP contribution in [-0.2, 0) is 4.79 Å². The lowest BCUT2D eigenvalue weighted by Gasteiger charge is -2.46. The Morgan fingerprint density at radius 1 is 1.35 bits per heavy atom. The summed E-state index contributed by atoms with van der Waals surface area (Å²) in [7, 11) is 0. The van der Waals surface area contributed by atoms with E-state index in [9.17, 15) is 9.90 Å². The molecule has 0 saturated heterocycles. The largest absolute Gasteiger partial charge is 0.390 e. The summed E-state index contributed by atoms with van der Waals surface area (Å²) in [6.07, 6.45) is 3.85. The molecule has 2 aliphatic rings. The van der Waals surface area contributed by atoms with Crippen molar-refractivity contribution in [1.82, 2.24) is 0 Å². The highest BCUT2D eigenvalue weighted by atomic mass is 16.3. The summed E-state index contributed by atoms with van der Waals surface area (Å²) < 4.78 is 0. The van der Waals surface area contributed by atoms with Gasteiger partial charge in [-0.05, 0) is 44.1 Å². The lowest BCUT2D eigenvalue weighted by Crippen LogP contribution is -2.42. The minimum Gasteiger partial charge on any atom is -0.390 e. The molecule has 1 N–H and O–H groups in total. The highest BCUT2D eigenvalue weighted by Crippen LogP contribution is 2.53. The second kappa shape index (κ2) is 3.68. The van der Waals surface area contributed by atoms with Crippen molar-refractivity contribution in [2.24, 2.45) is 23.2 Å². The maximum Gasteiger partial charge on any atom is 0.159 e. The summed E-state index contributed by atoms with van der Waals surface area (Å²) in [6.45, 7) is 10.3. The highest BCUT2D eigenvalue weighted by Gasteiger charge is 2.48. The van der Waals surface area contributed by atoms with Gasteiger partial charge in [0.25, 0.3) is 0 Å². The average Bonchev–Trinajstić information content (AvgIpc) is 2.41. The van der Waals surface area contributed by atoms with Crippen LogP contribution in [0.4, 0.5) is 0 Å². The van der Waals surface area contributed by atoms with Crippen molar-refractivity contribution in [3.05, 3.63) is 11.6 Å². The Labute approximate surface area is 104 Å². The Morgan fingerprint density at radius 3 is 2.47 bits per heavy atom. The Hall–Kier alpha value is -0.630. The van der Waals surface area contributed by atoms with Crippen molar-refractivity contribution in [2.75, 3.05) is 0 Å². The molecule has 96 valence electrons. The van der Waals surface area contributed by atoms with Crippen LogP contribution in [-0.4, -0.2) is 16.5 Å². The number of rotatable bonds is 1. The van der Waals surface area contributed by atoms with Crippen molar-refractivity contribution in [2.45, 2.75) is 53.1 Å². The molecule has 0 aromatic heterocycles. The number of hydrogen-bond acceptors (Lipinski definition) is 2. The summed E-state index contributed by atoms with van der Waals surface area (Å²) in [4.78, 5) is 11.9. The molecular weight excluding hydrogens is 212 g/mol. The van der Waals surface area contributed by atoms with Crippen LogP contribution in [0.25, 0.3) is 0 Å². The minimum atomic E-state index is -0.730. The number of fused-ring (bicyclic) bond motifs is 1. The van der Waals surface area contributed by atoms with E-state index in [2.05, 4.69) is 13.8 Å². The van der Waals surface area contributed by atoms with Crippen LogP contribution in [0.2, 0.25) is 0 Å². The summed E-state index contributed by atoms with van der Waals surface area (Å²) in [5, 5.41) is 10.3. The van der Waals surface area contributed by atoms with E-state index in [-0.39, 0.29) is 23.0 Å². The topological polar surface area (TPSA) is 37.3 Å². The lowest BCUT2D eigenvalue weighted by molar-refractivity contribution is -0.118. The van der Waals surface area contributed by atoms with Gasteiger partial charge < -0.3 is 5.11 Å². The van der Waals surface area contributed by atoms with E-state index < -0.39 is 5.60 Å². The number of carbonyl (C=O) groups is 1. The van der Waals surface area contributed by atoms with Crippen LogP contribution >= 0.6 is 0 Å². The smallest absolute Gasteiger partial charge is 0.159 e. The fraction of sp³-hybridized carbons (Fsp3) is 0.800. The van der Waals surface area contributed by atoms with Crippen LogP contribution in [0.3, 0.4) is 0 Å². The Bertz CT molecular complexity index is 371. The Morgan fingerprint density at radius 2 is 1.94 bits per heavy atom. The maximum absolute atomic E-state index is 11.9. The van der Waals surface area contributed by atoms with Crippen LogP contribution < -0.4 is 0 Å². The van der Waals surface area contributed by atoms with Gasteiger partial charge in [-0.3, -0.25) is 4.79 Å². The molecule has 1 saturated carbocycles. The molecule has 0 amide bonds. The van der Waals surface area contributed by atoms with Crippen LogP contribution in [0.15, 0.2) is 11.6 Å². The van der Waals surface area contributed by atoms with Gasteiger partial charge in [0, 0.05) is 11.8 Å². The second-order valence-electron chi connectivity index (χ2n) is 7.22. The van der Waals surface area contributed by atoms with Gasteiger partial charge in [0.05, 0.1) is 5.60 Å². The van der Waals surface area contributed by atoms with Crippen molar-refractivity contribution < 1.29 is 9.90 Å². The van der Waals surface area contributed by atoms with Gasteiger partial charge in [-0.15, -0.1) is 0 Å². The van der Waals surface area contributed by atoms with Gasteiger partial charge in [-0.25, -0.2) is 0 Å². The van der Waals surface area contributed by atoms with E-state index in [1.54, 1.807) is 0 Å². The van der Waals surface area contributed by atoms with Gasteiger partial charge in [0.1, 0.15) is 0 Å². The monoisotopic (exact) mass is 236 g/mol. The first-order valence-electron chi connectivity index (χ1n) is 6.59. The molecule has 0 radical (unpaired) electrons. The van der Waals surface area contributed by atoms with Crippen LogP contribution in [0, 0.1) is 23.2 Å². The summed E-state index contributed by atoms with van der Waals surface area (Å²) in [5.74, 6) is 0.833. The number of aliphatic hydroxyl groups is 1. The van der Waals surface area contributed by atoms with Gasteiger partial charge in [0.15, 0.2) is 5.78 Å². The Balaban J connectivity index is 2.39. The number of carbonyl (C=O) groups excluding carboxylic acids is 1. The molecule has 0 aromatic rings. The number of allylic oxidation sites excluding steroid dienone is 1. The lowest BCUT2D eigenvalue weighted by atomic mass is 9.60. The molecule has 3 unspecified atom stereocenters. The maximum atomic E-state index is 11.9. The molecule has 0 heterocycles. The Kier molecular flexibility index (Phi) is 2.77. The van der Waals surface area contributed by atoms with Gasteiger partial charge in [-0.2, -0.15) is 0 Å². The predicted molar refractivity (Wildman–Crippen MR) is 68.5 cm³/mol.